The molecule has 0 fully saturated rings. The van der Waals surface area contributed by atoms with Crippen LogP contribution in [0.2, 0.25) is 5.02 Å². The van der Waals surface area contributed by atoms with Gasteiger partial charge in [-0.1, -0.05) is 18.5 Å². The van der Waals surface area contributed by atoms with Gasteiger partial charge in [0.15, 0.2) is 0 Å². The number of hydrogen-bond donors (Lipinski definition) is 1. The largest absolute Gasteiger partial charge is 0.305 e. The van der Waals surface area contributed by atoms with E-state index >= 15 is 0 Å². The first-order valence-corrected chi connectivity index (χ1v) is 6.54. The highest BCUT2D eigenvalue weighted by Gasteiger charge is 2.18. The zero-order valence-corrected chi connectivity index (χ0v) is 11.4. The minimum Gasteiger partial charge on any atom is -0.305 e. The normalized spacial score (nSPS) is 12.4. The van der Waals surface area contributed by atoms with Crippen molar-refractivity contribution in [2.75, 3.05) is 6.54 Å². The molecule has 1 atom stereocenters. The fraction of sp³-hybridized carbons (Fsp3) is 0.286. The van der Waals surface area contributed by atoms with E-state index in [1.165, 1.54) is 6.20 Å². The zero-order chi connectivity index (χ0) is 13.7. The average Bonchev–Trinajstić information content (AvgIpc) is 2.43. The van der Waals surface area contributed by atoms with Crippen molar-refractivity contribution in [1.82, 2.24) is 15.3 Å². The summed E-state index contributed by atoms with van der Waals surface area (Å²) in [6.45, 7) is 2.83. The van der Waals surface area contributed by atoms with Crippen LogP contribution in [-0.2, 0) is 0 Å². The van der Waals surface area contributed by atoms with E-state index in [0.717, 1.165) is 18.7 Å². The van der Waals surface area contributed by atoms with Crippen molar-refractivity contribution < 1.29 is 4.39 Å². The van der Waals surface area contributed by atoms with Crippen molar-refractivity contribution in [1.29, 1.82) is 0 Å². The molecular formula is C14H15ClFN3. The van der Waals surface area contributed by atoms with Gasteiger partial charge >= 0.3 is 0 Å². The van der Waals surface area contributed by atoms with Gasteiger partial charge in [-0.2, -0.15) is 0 Å². The molecule has 5 heteroatoms. The van der Waals surface area contributed by atoms with Crippen LogP contribution >= 0.6 is 11.6 Å². The van der Waals surface area contributed by atoms with Gasteiger partial charge in [-0.15, -0.1) is 0 Å². The third kappa shape index (κ3) is 3.49. The molecule has 100 valence electrons. The van der Waals surface area contributed by atoms with Gasteiger partial charge in [-0.25, -0.2) is 4.39 Å². The Kier molecular flexibility index (Phi) is 4.82. The maximum absolute atomic E-state index is 13.9. The molecule has 0 aliphatic heterocycles. The Morgan fingerprint density at radius 2 is 2.16 bits per heavy atom. The maximum atomic E-state index is 13.9. The summed E-state index contributed by atoms with van der Waals surface area (Å²) in [5.74, 6) is -0.340. The first-order chi connectivity index (χ1) is 9.22. The molecule has 2 aromatic rings. The molecule has 0 amide bonds. The monoisotopic (exact) mass is 279 g/mol. The summed E-state index contributed by atoms with van der Waals surface area (Å²) in [6, 6.07) is 4.93. The lowest BCUT2D eigenvalue weighted by molar-refractivity contribution is 0.536. The van der Waals surface area contributed by atoms with Gasteiger partial charge in [-0.3, -0.25) is 9.97 Å². The molecule has 2 aromatic heterocycles. The van der Waals surface area contributed by atoms with E-state index < -0.39 is 0 Å². The summed E-state index contributed by atoms with van der Waals surface area (Å²) in [7, 11) is 0. The first kappa shape index (κ1) is 13.9. The molecule has 2 rings (SSSR count). The number of rotatable bonds is 5. The summed E-state index contributed by atoms with van der Waals surface area (Å²) in [5.41, 5.74) is 1.28. The second kappa shape index (κ2) is 6.59. The van der Waals surface area contributed by atoms with Gasteiger partial charge in [0.05, 0.1) is 23.0 Å². The Balaban J connectivity index is 2.35. The SMILES string of the molecule is CCCNC(c1ccc(Cl)cn1)c1ccncc1F. The molecule has 0 aliphatic carbocycles. The fourth-order valence-corrected chi connectivity index (χ4v) is 1.95. The van der Waals surface area contributed by atoms with Crippen molar-refractivity contribution in [2.24, 2.45) is 0 Å². The van der Waals surface area contributed by atoms with Crippen molar-refractivity contribution in [3.05, 3.63) is 58.9 Å². The van der Waals surface area contributed by atoms with E-state index in [4.69, 9.17) is 11.6 Å². The van der Waals surface area contributed by atoms with E-state index in [0.29, 0.717) is 10.6 Å². The number of nitrogens with zero attached hydrogens (tertiary/aromatic N) is 2. The molecule has 1 unspecified atom stereocenters. The van der Waals surface area contributed by atoms with Crippen molar-refractivity contribution in [2.45, 2.75) is 19.4 Å². The van der Waals surface area contributed by atoms with Crippen LogP contribution < -0.4 is 5.32 Å². The van der Waals surface area contributed by atoms with Crippen LogP contribution in [0.3, 0.4) is 0 Å². The first-order valence-electron chi connectivity index (χ1n) is 6.16. The lowest BCUT2D eigenvalue weighted by atomic mass is 10.0. The van der Waals surface area contributed by atoms with Crippen molar-refractivity contribution in [3.8, 4) is 0 Å². The molecule has 1 N–H and O–H groups in total. The Morgan fingerprint density at radius 1 is 1.32 bits per heavy atom. The molecule has 3 nitrogen and oxygen atoms in total. The summed E-state index contributed by atoms with van der Waals surface area (Å²) in [4.78, 5) is 8.04. The van der Waals surface area contributed by atoms with Gasteiger partial charge < -0.3 is 5.32 Å². The van der Waals surface area contributed by atoms with Crippen LogP contribution in [0.4, 0.5) is 4.39 Å². The lowest BCUT2D eigenvalue weighted by Crippen LogP contribution is -2.25. The standard InChI is InChI=1S/C14H15ClFN3/c1-2-6-18-14(11-5-7-17-9-12(11)16)13-4-3-10(15)8-19-13/h3-5,7-9,14,18H,2,6H2,1H3. The molecule has 0 radical (unpaired) electrons. The Bertz CT molecular complexity index is 530. The predicted molar refractivity (Wildman–Crippen MR) is 73.6 cm³/mol. The quantitative estimate of drug-likeness (QED) is 0.912. The maximum Gasteiger partial charge on any atom is 0.146 e. The summed E-state index contributed by atoms with van der Waals surface area (Å²) in [6.07, 6.45) is 5.31. The van der Waals surface area contributed by atoms with Crippen LogP contribution in [0.25, 0.3) is 0 Å². The molecule has 19 heavy (non-hydrogen) atoms. The molecule has 0 bridgehead atoms. The number of halogens is 2. The van der Waals surface area contributed by atoms with Crippen molar-refractivity contribution in [3.63, 3.8) is 0 Å². The van der Waals surface area contributed by atoms with Gasteiger partial charge in [0.25, 0.3) is 0 Å². The Labute approximate surface area is 116 Å². The fourth-order valence-electron chi connectivity index (χ4n) is 1.84. The Morgan fingerprint density at radius 3 is 2.79 bits per heavy atom. The lowest BCUT2D eigenvalue weighted by Gasteiger charge is -2.18. The molecule has 0 spiro atoms. The van der Waals surface area contributed by atoms with E-state index in [1.807, 2.05) is 0 Å². The smallest absolute Gasteiger partial charge is 0.146 e. The van der Waals surface area contributed by atoms with Gasteiger partial charge in [0.1, 0.15) is 5.82 Å². The molecule has 0 aromatic carbocycles. The van der Waals surface area contributed by atoms with Crippen LogP contribution in [0.15, 0.2) is 36.8 Å². The molecular weight excluding hydrogens is 265 g/mol. The minimum absolute atomic E-state index is 0.291. The molecule has 0 aliphatic rings. The van der Waals surface area contributed by atoms with Crippen molar-refractivity contribution >= 4 is 11.6 Å². The third-order valence-electron chi connectivity index (χ3n) is 2.76. The van der Waals surface area contributed by atoms with Crippen LogP contribution in [-0.4, -0.2) is 16.5 Å². The van der Waals surface area contributed by atoms with Crippen LogP contribution in [0, 0.1) is 5.82 Å². The highest BCUT2D eigenvalue weighted by atomic mass is 35.5. The van der Waals surface area contributed by atoms with Gasteiger partial charge in [0, 0.05) is 18.0 Å². The summed E-state index contributed by atoms with van der Waals surface area (Å²) < 4.78 is 13.9. The van der Waals surface area contributed by atoms with E-state index in [-0.39, 0.29) is 11.9 Å². The predicted octanol–water partition coefficient (Wildman–Crippen LogP) is 3.36. The number of pyridine rings is 2. The zero-order valence-electron chi connectivity index (χ0n) is 10.6. The van der Waals surface area contributed by atoms with Gasteiger partial charge in [0.2, 0.25) is 0 Å². The summed E-state index contributed by atoms with van der Waals surface area (Å²) >= 11 is 5.83. The number of aromatic nitrogens is 2. The van der Waals surface area contributed by atoms with Crippen LogP contribution in [0.5, 0.6) is 0 Å². The third-order valence-corrected chi connectivity index (χ3v) is 2.98. The van der Waals surface area contributed by atoms with E-state index in [1.54, 1.807) is 30.6 Å². The Hall–Kier alpha value is -1.52. The molecule has 0 saturated heterocycles. The highest BCUT2D eigenvalue weighted by Crippen LogP contribution is 2.23. The van der Waals surface area contributed by atoms with E-state index in [9.17, 15) is 4.39 Å². The summed E-state index contributed by atoms with van der Waals surface area (Å²) in [5, 5.41) is 3.85. The highest BCUT2D eigenvalue weighted by molar-refractivity contribution is 6.30. The minimum atomic E-state index is -0.340. The average molecular weight is 280 g/mol. The number of nitrogens with one attached hydrogen (secondary N) is 1. The van der Waals surface area contributed by atoms with Crippen LogP contribution in [0.1, 0.15) is 30.6 Å². The molecule has 2 heterocycles. The topological polar surface area (TPSA) is 37.8 Å². The molecule has 0 saturated carbocycles. The second-order valence-electron chi connectivity index (χ2n) is 4.19. The number of hydrogen-bond acceptors (Lipinski definition) is 3. The van der Waals surface area contributed by atoms with E-state index in [2.05, 4.69) is 22.2 Å². The van der Waals surface area contributed by atoms with Gasteiger partial charge in [-0.05, 0) is 31.2 Å². The second-order valence-corrected chi connectivity index (χ2v) is 4.62.